The van der Waals surface area contributed by atoms with Crippen LogP contribution in [0.2, 0.25) is 0 Å². The van der Waals surface area contributed by atoms with Crippen LogP contribution in [0.5, 0.6) is 5.75 Å². The maximum absolute atomic E-state index is 12.1. The van der Waals surface area contributed by atoms with Gasteiger partial charge in [0.15, 0.2) is 5.65 Å². The lowest BCUT2D eigenvalue weighted by molar-refractivity contribution is -0.122. The first-order valence-corrected chi connectivity index (χ1v) is 7.12. The number of carbonyl (C=O) groups excluding carboxylic acids is 1. The number of para-hydroxylation sites is 1. The lowest BCUT2D eigenvalue weighted by Gasteiger charge is -2.09. The highest BCUT2D eigenvalue weighted by molar-refractivity contribution is 5.75. The van der Waals surface area contributed by atoms with Crippen LogP contribution in [0, 0.1) is 0 Å². The summed E-state index contributed by atoms with van der Waals surface area (Å²) in [7, 11) is 1.58. The monoisotopic (exact) mass is 312 g/mol. The second-order valence-corrected chi connectivity index (χ2v) is 4.96. The number of pyridine rings is 1. The summed E-state index contributed by atoms with van der Waals surface area (Å²) in [4.78, 5) is 24.2. The van der Waals surface area contributed by atoms with E-state index in [1.54, 1.807) is 31.5 Å². The Kier molecular flexibility index (Phi) is 4.09. The number of ether oxygens (including phenoxy) is 1. The van der Waals surface area contributed by atoms with E-state index >= 15 is 0 Å². The quantitative estimate of drug-likeness (QED) is 0.756. The predicted molar refractivity (Wildman–Crippen MR) is 84.3 cm³/mol. The zero-order valence-electron chi connectivity index (χ0n) is 12.6. The van der Waals surface area contributed by atoms with Gasteiger partial charge in [0.2, 0.25) is 5.91 Å². The molecule has 3 rings (SSSR count). The third kappa shape index (κ3) is 3.08. The van der Waals surface area contributed by atoms with Gasteiger partial charge in [-0.15, -0.1) is 5.10 Å². The van der Waals surface area contributed by atoms with E-state index in [0.717, 1.165) is 10.2 Å². The number of hydrogen-bond donors (Lipinski definition) is 1. The van der Waals surface area contributed by atoms with Crippen LogP contribution in [0.4, 0.5) is 0 Å². The largest absolute Gasteiger partial charge is 0.496 e. The van der Waals surface area contributed by atoms with Crippen LogP contribution in [0.15, 0.2) is 53.5 Å². The van der Waals surface area contributed by atoms with Crippen molar-refractivity contribution in [3.8, 4) is 5.75 Å². The Morgan fingerprint density at radius 1 is 1.22 bits per heavy atom. The van der Waals surface area contributed by atoms with Crippen molar-refractivity contribution in [3.63, 3.8) is 0 Å². The summed E-state index contributed by atoms with van der Waals surface area (Å²) < 4.78 is 7.77. The smallest absolute Gasteiger partial charge is 0.350 e. The Hall–Kier alpha value is -3.09. The van der Waals surface area contributed by atoms with Crippen LogP contribution >= 0.6 is 0 Å². The molecule has 7 heteroatoms. The fraction of sp³-hybridized carbons (Fsp3) is 0.188. The van der Waals surface area contributed by atoms with Gasteiger partial charge in [0.1, 0.15) is 12.3 Å². The molecule has 0 aliphatic heterocycles. The van der Waals surface area contributed by atoms with Crippen molar-refractivity contribution in [1.29, 1.82) is 0 Å². The number of rotatable bonds is 5. The Labute approximate surface area is 132 Å². The first-order valence-electron chi connectivity index (χ1n) is 7.12. The highest BCUT2D eigenvalue weighted by atomic mass is 16.5. The molecule has 0 radical (unpaired) electrons. The molecule has 7 nitrogen and oxygen atoms in total. The number of fused-ring (bicyclic) bond motifs is 1. The fourth-order valence-electron chi connectivity index (χ4n) is 2.31. The average molecular weight is 312 g/mol. The van der Waals surface area contributed by atoms with Crippen LogP contribution in [0.1, 0.15) is 5.56 Å². The molecule has 2 heterocycles. The summed E-state index contributed by atoms with van der Waals surface area (Å²) in [6.07, 6.45) is 1.62. The van der Waals surface area contributed by atoms with Crippen molar-refractivity contribution in [2.45, 2.75) is 13.1 Å². The SMILES string of the molecule is COc1ccccc1CNC(=O)Cn1nc2ccccn2c1=O. The van der Waals surface area contributed by atoms with Crippen molar-refractivity contribution >= 4 is 11.6 Å². The lowest BCUT2D eigenvalue weighted by atomic mass is 10.2. The molecule has 0 saturated carbocycles. The Balaban J connectivity index is 1.69. The summed E-state index contributed by atoms with van der Waals surface area (Å²) in [6, 6.07) is 12.7. The normalized spacial score (nSPS) is 10.7. The molecule has 0 fully saturated rings. The standard InChI is InChI=1S/C16H16N4O3/c1-23-13-7-3-2-6-12(13)10-17-15(21)11-20-16(22)19-9-5-4-8-14(19)18-20/h2-9H,10-11H2,1H3,(H,17,21). The first-order chi connectivity index (χ1) is 11.2. The summed E-state index contributed by atoms with van der Waals surface area (Å²) in [6.45, 7) is 0.195. The van der Waals surface area contributed by atoms with Crippen LogP contribution < -0.4 is 15.7 Å². The minimum Gasteiger partial charge on any atom is -0.496 e. The summed E-state index contributed by atoms with van der Waals surface area (Å²) in [5.41, 5.74) is 1.04. The maximum atomic E-state index is 12.1. The average Bonchev–Trinajstić information content (AvgIpc) is 2.89. The molecular formula is C16H16N4O3. The molecule has 1 aromatic carbocycles. The van der Waals surface area contributed by atoms with E-state index in [1.165, 1.54) is 4.40 Å². The molecule has 0 aliphatic carbocycles. The van der Waals surface area contributed by atoms with Crippen LogP contribution in [0.3, 0.4) is 0 Å². The highest BCUT2D eigenvalue weighted by Gasteiger charge is 2.10. The maximum Gasteiger partial charge on any atom is 0.350 e. The number of aromatic nitrogens is 3. The van der Waals surface area contributed by atoms with Crippen LogP contribution in [-0.4, -0.2) is 27.2 Å². The molecule has 1 amide bonds. The minimum absolute atomic E-state index is 0.129. The predicted octanol–water partition coefficient (Wildman–Crippen LogP) is 0.821. The molecule has 0 bridgehead atoms. The first kappa shape index (κ1) is 14.8. The van der Waals surface area contributed by atoms with Gasteiger partial charge in [0.05, 0.1) is 7.11 Å². The van der Waals surface area contributed by atoms with Gasteiger partial charge in [0, 0.05) is 18.3 Å². The van der Waals surface area contributed by atoms with E-state index in [1.807, 2.05) is 24.3 Å². The second-order valence-electron chi connectivity index (χ2n) is 4.96. The molecule has 1 N–H and O–H groups in total. The highest BCUT2D eigenvalue weighted by Crippen LogP contribution is 2.16. The van der Waals surface area contributed by atoms with Crippen molar-refractivity contribution < 1.29 is 9.53 Å². The number of nitrogens with zero attached hydrogens (tertiary/aromatic N) is 3. The number of methoxy groups -OCH3 is 1. The summed E-state index contributed by atoms with van der Waals surface area (Å²) in [5, 5.41) is 6.89. The van der Waals surface area contributed by atoms with Gasteiger partial charge in [-0.05, 0) is 18.2 Å². The van der Waals surface area contributed by atoms with Crippen LogP contribution in [0.25, 0.3) is 5.65 Å². The van der Waals surface area contributed by atoms with Crippen LogP contribution in [-0.2, 0) is 17.9 Å². The van der Waals surface area contributed by atoms with Gasteiger partial charge in [-0.3, -0.25) is 9.20 Å². The molecule has 23 heavy (non-hydrogen) atoms. The summed E-state index contributed by atoms with van der Waals surface area (Å²) in [5.74, 6) is 0.416. The Bertz CT molecular complexity index is 897. The van der Waals surface area contributed by atoms with Gasteiger partial charge in [-0.2, -0.15) is 0 Å². The molecular weight excluding hydrogens is 296 g/mol. The van der Waals surface area contributed by atoms with Crippen molar-refractivity contribution in [1.82, 2.24) is 19.5 Å². The lowest BCUT2D eigenvalue weighted by Crippen LogP contribution is -2.32. The third-order valence-electron chi connectivity index (χ3n) is 3.45. The number of hydrogen-bond acceptors (Lipinski definition) is 4. The molecule has 0 spiro atoms. The van der Waals surface area contributed by atoms with E-state index in [0.29, 0.717) is 17.9 Å². The number of amides is 1. The van der Waals surface area contributed by atoms with Gasteiger partial charge in [-0.1, -0.05) is 24.3 Å². The van der Waals surface area contributed by atoms with Crippen molar-refractivity contribution in [3.05, 3.63) is 64.7 Å². The number of carbonyl (C=O) groups is 1. The number of nitrogens with one attached hydrogen (secondary N) is 1. The zero-order chi connectivity index (χ0) is 16.2. The van der Waals surface area contributed by atoms with Gasteiger partial charge >= 0.3 is 5.69 Å². The minimum atomic E-state index is -0.340. The second kappa shape index (κ2) is 6.35. The molecule has 2 aromatic heterocycles. The van der Waals surface area contributed by atoms with Gasteiger partial charge < -0.3 is 10.1 Å². The molecule has 0 atom stereocenters. The molecule has 0 saturated heterocycles. The van der Waals surface area contributed by atoms with E-state index in [4.69, 9.17) is 4.74 Å². The third-order valence-corrected chi connectivity index (χ3v) is 3.45. The number of benzene rings is 1. The van der Waals surface area contributed by atoms with E-state index in [-0.39, 0.29) is 18.1 Å². The molecule has 0 aliphatic rings. The Morgan fingerprint density at radius 3 is 2.78 bits per heavy atom. The van der Waals surface area contributed by atoms with E-state index in [2.05, 4.69) is 10.4 Å². The molecule has 0 unspecified atom stereocenters. The van der Waals surface area contributed by atoms with E-state index < -0.39 is 0 Å². The van der Waals surface area contributed by atoms with Crippen molar-refractivity contribution in [2.75, 3.05) is 7.11 Å². The van der Waals surface area contributed by atoms with E-state index in [9.17, 15) is 9.59 Å². The van der Waals surface area contributed by atoms with Crippen molar-refractivity contribution in [2.24, 2.45) is 0 Å². The van der Waals surface area contributed by atoms with Gasteiger partial charge in [-0.25, -0.2) is 9.48 Å². The molecule has 118 valence electrons. The fourth-order valence-corrected chi connectivity index (χ4v) is 2.31. The zero-order valence-corrected chi connectivity index (χ0v) is 12.6. The molecule has 3 aromatic rings. The summed E-state index contributed by atoms with van der Waals surface area (Å²) >= 11 is 0. The topological polar surface area (TPSA) is 77.6 Å². The Morgan fingerprint density at radius 2 is 2.00 bits per heavy atom. The van der Waals surface area contributed by atoms with Gasteiger partial charge in [0.25, 0.3) is 0 Å².